The Balaban J connectivity index is 2.34. The average molecular weight is 243 g/mol. The number of nitro benzene ring substituents is 1. The van der Waals surface area contributed by atoms with Gasteiger partial charge in [0.15, 0.2) is 0 Å². The molecule has 0 aliphatic heterocycles. The first kappa shape index (κ1) is 11.9. The van der Waals surface area contributed by atoms with Crippen molar-refractivity contribution in [3.63, 3.8) is 0 Å². The Hall–Kier alpha value is -2.56. The zero-order chi connectivity index (χ0) is 13.1. The van der Waals surface area contributed by atoms with Crippen LogP contribution in [0.3, 0.4) is 0 Å². The second kappa shape index (κ2) is 4.75. The molecular weight excluding hydrogens is 230 g/mol. The summed E-state index contributed by atoms with van der Waals surface area (Å²) in [7, 11) is 0. The minimum atomic E-state index is -0.414. The number of nitrogens with zero attached hydrogens (tertiary/aromatic N) is 1. The Labute approximate surface area is 104 Å². The summed E-state index contributed by atoms with van der Waals surface area (Å²) in [6.45, 7) is 0. The van der Waals surface area contributed by atoms with E-state index in [9.17, 15) is 10.1 Å². The number of hydrogen-bond donors (Lipinski definition) is 2. The van der Waals surface area contributed by atoms with Crippen molar-refractivity contribution in [2.45, 2.75) is 6.42 Å². The van der Waals surface area contributed by atoms with Crippen molar-refractivity contribution >= 4 is 17.1 Å². The van der Waals surface area contributed by atoms with Crippen LogP contribution in [0.15, 0.2) is 42.5 Å². The molecule has 0 fully saturated rings. The highest BCUT2D eigenvalue weighted by Gasteiger charge is 2.14. The van der Waals surface area contributed by atoms with E-state index in [0.29, 0.717) is 23.4 Å². The highest BCUT2D eigenvalue weighted by atomic mass is 16.6. The number of nitro groups is 1. The molecular formula is C13H13N3O2. The Bertz CT molecular complexity index is 579. The van der Waals surface area contributed by atoms with Gasteiger partial charge in [0, 0.05) is 29.4 Å². The maximum atomic E-state index is 10.9. The third-order valence-electron chi connectivity index (χ3n) is 2.68. The Morgan fingerprint density at radius 1 is 1.00 bits per heavy atom. The SMILES string of the molecule is Nc1ccc(Cc2ccc(N)cc2[N+](=O)[O-])cc1. The lowest BCUT2D eigenvalue weighted by atomic mass is 10.0. The van der Waals surface area contributed by atoms with E-state index in [4.69, 9.17) is 11.5 Å². The summed E-state index contributed by atoms with van der Waals surface area (Å²) in [5.74, 6) is 0. The molecule has 0 aliphatic rings. The second-order valence-corrected chi connectivity index (χ2v) is 4.06. The number of hydrogen-bond acceptors (Lipinski definition) is 4. The molecule has 0 atom stereocenters. The summed E-state index contributed by atoms with van der Waals surface area (Å²) >= 11 is 0. The van der Waals surface area contributed by atoms with Crippen LogP contribution in [-0.4, -0.2) is 4.92 Å². The van der Waals surface area contributed by atoms with Crippen molar-refractivity contribution in [2.24, 2.45) is 0 Å². The third kappa shape index (κ3) is 2.57. The van der Waals surface area contributed by atoms with Gasteiger partial charge in [-0.15, -0.1) is 0 Å². The van der Waals surface area contributed by atoms with E-state index in [0.717, 1.165) is 5.56 Å². The van der Waals surface area contributed by atoms with Crippen molar-refractivity contribution in [3.05, 3.63) is 63.7 Å². The molecule has 2 aromatic rings. The Morgan fingerprint density at radius 2 is 1.61 bits per heavy atom. The lowest BCUT2D eigenvalue weighted by Crippen LogP contribution is -1.98. The molecule has 5 nitrogen and oxygen atoms in total. The van der Waals surface area contributed by atoms with Gasteiger partial charge < -0.3 is 11.5 Å². The molecule has 0 aliphatic carbocycles. The van der Waals surface area contributed by atoms with Crippen LogP contribution >= 0.6 is 0 Å². The topological polar surface area (TPSA) is 95.2 Å². The van der Waals surface area contributed by atoms with Crippen LogP contribution in [0.2, 0.25) is 0 Å². The molecule has 2 rings (SSSR count). The van der Waals surface area contributed by atoms with Crippen LogP contribution in [0.25, 0.3) is 0 Å². The quantitative estimate of drug-likeness (QED) is 0.491. The van der Waals surface area contributed by atoms with Gasteiger partial charge in [0.2, 0.25) is 0 Å². The maximum absolute atomic E-state index is 10.9. The zero-order valence-electron chi connectivity index (χ0n) is 9.67. The average Bonchev–Trinajstić information content (AvgIpc) is 2.34. The lowest BCUT2D eigenvalue weighted by Gasteiger charge is -2.04. The summed E-state index contributed by atoms with van der Waals surface area (Å²) in [6, 6.07) is 12.0. The smallest absolute Gasteiger partial charge is 0.274 e. The first-order valence-electron chi connectivity index (χ1n) is 5.43. The van der Waals surface area contributed by atoms with E-state index >= 15 is 0 Å². The van der Waals surface area contributed by atoms with Gasteiger partial charge in [-0.1, -0.05) is 12.1 Å². The van der Waals surface area contributed by atoms with Gasteiger partial charge in [-0.05, 0) is 29.8 Å². The van der Waals surface area contributed by atoms with Crippen LogP contribution in [0, 0.1) is 10.1 Å². The fraction of sp³-hybridized carbons (Fsp3) is 0.0769. The molecule has 0 saturated carbocycles. The van der Waals surface area contributed by atoms with Crippen molar-refractivity contribution in [2.75, 3.05) is 11.5 Å². The monoisotopic (exact) mass is 243 g/mol. The highest BCUT2D eigenvalue weighted by molar-refractivity contribution is 5.54. The maximum Gasteiger partial charge on any atom is 0.274 e. The van der Waals surface area contributed by atoms with Gasteiger partial charge in [0.25, 0.3) is 5.69 Å². The molecule has 0 spiro atoms. The first-order chi connectivity index (χ1) is 8.56. The normalized spacial score (nSPS) is 10.2. The van der Waals surface area contributed by atoms with Gasteiger partial charge in [-0.2, -0.15) is 0 Å². The molecule has 4 N–H and O–H groups in total. The Morgan fingerprint density at radius 3 is 2.22 bits per heavy atom. The molecule has 92 valence electrons. The molecule has 0 heterocycles. The highest BCUT2D eigenvalue weighted by Crippen LogP contribution is 2.24. The molecule has 0 amide bonds. The molecule has 0 saturated heterocycles. The molecule has 0 unspecified atom stereocenters. The number of anilines is 2. The van der Waals surface area contributed by atoms with Crippen LogP contribution in [0.1, 0.15) is 11.1 Å². The fourth-order valence-electron chi connectivity index (χ4n) is 1.76. The second-order valence-electron chi connectivity index (χ2n) is 4.06. The molecule has 0 radical (unpaired) electrons. The van der Waals surface area contributed by atoms with E-state index in [1.54, 1.807) is 24.3 Å². The van der Waals surface area contributed by atoms with Crippen molar-refractivity contribution in [3.8, 4) is 0 Å². The molecule has 0 bridgehead atoms. The predicted molar refractivity (Wildman–Crippen MR) is 71.2 cm³/mol. The Kier molecular flexibility index (Phi) is 3.14. The summed E-state index contributed by atoms with van der Waals surface area (Å²) in [4.78, 5) is 10.5. The number of nitrogen functional groups attached to an aromatic ring is 2. The lowest BCUT2D eigenvalue weighted by molar-refractivity contribution is -0.385. The molecule has 18 heavy (non-hydrogen) atoms. The summed E-state index contributed by atoms with van der Waals surface area (Å²) < 4.78 is 0. The van der Waals surface area contributed by atoms with E-state index in [1.165, 1.54) is 6.07 Å². The van der Waals surface area contributed by atoms with Gasteiger partial charge >= 0.3 is 0 Å². The van der Waals surface area contributed by atoms with Gasteiger partial charge in [0.1, 0.15) is 0 Å². The van der Waals surface area contributed by atoms with Crippen molar-refractivity contribution in [1.82, 2.24) is 0 Å². The third-order valence-corrected chi connectivity index (χ3v) is 2.68. The van der Waals surface area contributed by atoms with Crippen LogP contribution in [0.4, 0.5) is 17.1 Å². The van der Waals surface area contributed by atoms with Crippen molar-refractivity contribution < 1.29 is 4.92 Å². The number of nitrogens with two attached hydrogens (primary N) is 2. The fourth-order valence-corrected chi connectivity index (χ4v) is 1.76. The zero-order valence-corrected chi connectivity index (χ0v) is 9.67. The van der Waals surface area contributed by atoms with E-state index in [-0.39, 0.29) is 5.69 Å². The summed E-state index contributed by atoms with van der Waals surface area (Å²) in [5.41, 5.74) is 13.9. The molecule has 0 aromatic heterocycles. The van der Waals surface area contributed by atoms with Gasteiger partial charge in [-0.25, -0.2) is 0 Å². The van der Waals surface area contributed by atoms with Gasteiger partial charge in [-0.3, -0.25) is 10.1 Å². The standard InChI is InChI=1S/C13H13N3O2/c14-11-4-1-9(2-5-11)7-10-3-6-12(15)8-13(10)16(17)18/h1-6,8H,7,14-15H2. The first-order valence-corrected chi connectivity index (χ1v) is 5.43. The summed E-state index contributed by atoms with van der Waals surface area (Å²) in [5, 5.41) is 10.9. The number of rotatable bonds is 3. The largest absolute Gasteiger partial charge is 0.399 e. The number of benzene rings is 2. The van der Waals surface area contributed by atoms with E-state index < -0.39 is 4.92 Å². The molecule has 2 aromatic carbocycles. The van der Waals surface area contributed by atoms with Gasteiger partial charge in [0.05, 0.1) is 4.92 Å². The predicted octanol–water partition coefficient (Wildman–Crippen LogP) is 2.35. The molecule has 5 heteroatoms. The summed E-state index contributed by atoms with van der Waals surface area (Å²) in [6.07, 6.45) is 0.483. The van der Waals surface area contributed by atoms with Crippen molar-refractivity contribution in [1.29, 1.82) is 0 Å². The van der Waals surface area contributed by atoms with Crippen LogP contribution < -0.4 is 11.5 Å². The van der Waals surface area contributed by atoms with E-state index in [2.05, 4.69) is 0 Å². The minimum Gasteiger partial charge on any atom is -0.399 e. The van der Waals surface area contributed by atoms with Crippen LogP contribution in [-0.2, 0) is 6.42 Å². The van der Waals surface area contributed by atoms with Crippen LogP contribution in [0.5, 0.6) is 0 Å². The minimum absolute atomic E-state index is 0.0480. The van der Waals surface area contributed by atoms with E-state index in [1.807, 2.05) is 12.1 Å².